The van der Waals surface area contributed by atoms with Gasteiger partial charge in [0.25, 0.3) is 0 Å². The first kappa shape index (κ1) is 11.7. The zero-order valence-corrected chi connectivity index (χ0v) is 11.8. The van der Waals surface area contributed by atoms with Gasteiger partial charge in [-0.1, -0.05) is 28.1 Å². The van der Waals surface area contributed by atoms with Crippen LogP contribution in [0.4, 0.5) is 0 Å². The molecule has 0 bridgehead atoms. The zero-order valence-electron chi connectivity index (χ0n) is 10.2. The summed E-state index contributed by atoms with van der Waals surface area (Å²) >= 11 is 3.56. The highest BCUT2D eigenvalue weighted by molar-refractivity contribution is 9.10. The van der Waals surface area contributed by atoms with Crippen molar-refractivity contribution in [1.82, 2.24) is 10.2 Å². The Morgan fingerprint density at radius 2 is 2.00 bits per heavy atom. The monoisotopic (exact) mass is 294 g/mol. The Balaban J connectivity index is 1.73. The summed E-state index contributed by atoms with van der Waals surface area (Å²) in [4.78, 5) is 2.64. The zero-order chi connectivity index (χ0) is 11.8. The van der Waals surface area contributed by atoms with Gasteiger partial charge in [-0.15, -0.1) is 0 Å². The van der Waals surface area contributed by atoms with E-state index in [0.717, 1.165) is 11.8 Å². The van der Waals surface area contributed by atoms with Crippen LogP contribution >= 0.6 is 15.9 Å². The van der Waals surface area contributed by atoms with Crippen LogP contribution in [0.25, 0.3) is 0 Å². The molecular formula is C14H19BrN2. The van der Waals surface area contributed by atoms with Gasteiger partial charge in [-0.3, -0.25) is 4.90 Å². The number of nitrogens with one attached hydrogen (secondary N) is 1. The van der Waals surface area contributed by atoms with Crippen molar-refractivity contribution in [2.75, 3.05) is 26.2 Å². The van der Waals surface area contributed by atoms with E-state index in [4.69, 9.17) is 0 Å². The van der Waals surface area contributed by atoms with E-state index in [-0.39, 0.29) is 0 Å². The van der Waals surface area contributed by atoms with Gasteiger partial charge in [0.1, 0.15) is 0 Å². The molecule has 1 N–H and O–H groups in total. The lowest BCUT2D eigenvalue weighted by molar-refractivity contribution is 0.244. The molecule has 2 aliphatic rings. The molecule has 0 radical (unpaired) electrons. The lowest BCUT2D eigenvalue weighted by atomic mass is 10.0. The van der Waals surface area contributed by atoms with Crippen molar-refractivity contribution in [3.05, 3.63) is 34.3 Å². The summed E-state index contributed by atoms with van der Waals surface area (Å²) < 4.78 is 1.18. The first-order valence-corrected chi connectivity index (χ1v) is 7.23. The third-order valence-corrected chi connectivity index (χ3v) is 4.79. The summed E-state index contributed by atoms with van der Waals surface area (Å²) in [5.41, 5.74) is 1.42. The fourth-order valence-corrected chi connectivity index (χ4v) is 3.60. The van der Waals surface area contributed by atoms with Crippen LogP contribution in [0.2, 0.25) is 0 Å². The normalized spacial score (nSPS) is 30.5. The number of hydrogen-bond donors (Lipinski definition) is 1. The maximum absolute atomic E-state index is 3.56. The van der Waals surface area contributed by atoms with Crippen LogP contribution in [0.5, 0.6) is 0 Å². The molecule has 2 nitrogen and oxygen atoms in total. The average Bonchev–Trinajstić information content (AvgIpc) is 2.88. The molecule has 0 saturated carbocycles. The van der Waals surface area contributed by atoms with E-state index in [1.165, 1.54) is 36.2 Å². The summed E-state index contributed by atoms with van der Waals surface area (Å²) in [5.74, 6) is 1.76. The number of rotatable bonds is 2. The molecule has 2 fully saturated rings. The number of halogens is 1. The summed E-state index contributed by atoms with van der Waals surface area (Å²) in [6, 6.07) is 9.25. The fourth-order valence-electron chi connectivity index (χ4n) is 3.19. The highest BCUT2D eigenvalue weighted by atomic mass is 79.9. The van der Waals surface area contributed by atoms with Crippen molar-refractivity contribution in [3.63, 3.8) is 0 Å². The first-order chi connectivity index (χ1) is 8.24. The Bertz CT molecular complexity index is 395. The molecule has 17 heavy (non-hydrogen) atoms. The molecule has 1 aromatic rings. The van der Waals surface area contributed by atoms with Crippen LogP contribution in [0.15, 0.2) is 28.7 Å². The molecule has 3 heteroatoms. The van der Waals surface area contributed by atoms with Crippen LogP contribution in [0.3, 0.4) is 0 Å². The van der Waals surface area contributed by atoms with Crippen molar-refractivity contribution in [2.45, 2.75) is 13.0 Å². The summed E-state index contributed by atoms with van der Waals surface area (Å²) in [6.45, 7) is 7.27. The molecule has 1 aromatic carbocycles. The quantitative estimate of drug-likeness (QED) is 0.902. The SMILES string of the molecule is CC(c1cccc(Br)c1)N1C[C@H]2CNC[C@H]2C1. The van der Waals surface area contributed by atoms with Crippen LogP contribution in [-0.2, 0) is 0 Å². The Morgan fingerprint density at radius 3 is 2.65 bits per heavy atom. The second-order valence-corrected chi connectivity index (χ2v) is 6.28. The molecule has 0 aromatic heterocycles. The second-order valence-electron chi connectivity index (χ2n) is 5.36. The van der Waals surface area contributed by atoms with E-state index < -0.39 is 0 Å². The third kappa shape index (κ3) is 2.28. The minimum absolute atomic E-state index is 0.540. The predicted octanol–water partition coefficient (Wildman–Crippen LogP) is 2.66. The van der Waals surface area contributed by atoms with Crippen molar-refractivity contribution >= 4 is 15.9 Å². The Labute approximate surface area is 112 Å². The number of hydrogen-bond acceptors (Lipinski definition) is 2. The highest BCUT2D eigenvalue weighted by Crippen LogP contribution is 2.33. The first-order valence-electron chi connectivity index (χ1n) is 6.44. The summed E-state index contributed by atoms with van der Waals surface area (Å²) in [5, 5.41) is 3.50. The summed E-state index contributed by atoms with van der Waals surface area (Å²) in [6.07, 6.45) is 0. The molecule has 3 atom stereocenters. The third-order valence-electron chi connectivity index (χ3n) is 4.30. The molecule has 0 spiro atoms. The Kier molecular flexibility index (Phi) is 3.24. The second kappa shape index (κ2) is 4.71. The molecule has 2 saturated heterocycles. The number of nitrogens with zero attached hydrogens (tertiary/aromatic N) is 1. The molecule has 2 aliphatic heterocycles. The Morgan fingerprint density at radius 1 is 1.29 bits per heavy atom. The molecule has 0 aliphatic carbocycles. The van der Waals surface area contributed by atoms with Gasteiger partial charge >= 0.3 is 0 Å². The molecule has 2 heterocycles. The van der Waals surface area contributed by atoms with Crippen molar-refractivity contribution in [2.24, 2.45) is 11.8 Å². The predicted molar refractivity (Wildman–Crippen MR) is 74.0 cm³/mol. The smallest absolute Gasteiger partial charge is 0.0320 e. The standard InChI is InChI=1S/C14H19BrN2/c1-10(11-3-2-4-14(15)5-11)17-8-12-6-16-7-13(12)9-17/h2-5,10,12-13,16H,6-9H2,1H3/t10?,12-,13+. The Hall–Kier alpha value is -0.380. The molecule has 92 valence electrons. The van der Waals surface area contributed by atoms with E-state index in [2.05, 4.69) is 57.3 Å². The molecular weight excluding hydrogens is 276 g/mol. The van der Waals surface area contributed by atoms with Crippen LogP contribution < -0.4 is 5.32 Å². The summed E-state index contributed by atoms with van der Waals surface area (Å²) in [7, 11) is 0. The van der Waals surface area contributed by atoms with Gasteiger partial charge in [0.2, 0.25) is 0 Å². The van der Waals surface area contributed by atoms with E-state index in [9.17, 15) is 0 Å². The minimum Gasteiger partial charge on any atom is -0.316 e. The van der Waals surface area contributed by atoms with E-state index in [0.29, 0.717) is 6.04 Å². The number of likely N-dealkylation sites (tertiary alicyclic amines) is 1. The van der Waals surface area contributed by atoms with Gasteiger partial charge in [-0.25, -0.2) is 0 Å². The van der Waals surface area contributed by atoms with Gasteiger partial charge in [0.15, 0.2) is 0 Å². The van der Waals surface area contributed by atoms with Crippen molar-refractivity contribution in [1.29, 1.82) is 0 Å². The average molecular weight is 295 g/mol. The lowest BCUT2D eigenvalue weighted by Crippen LogP contribution is -2.28. The van der Waals surface area contributed by atoms with Gasteiger partial charge in [-0.2, -0.15) is 0 Å². The number of fused-ring (bicyclic) bond motifs is 1. The van der Waals surface area contributed by atoms with Crippen LogP contribution in [0.1, 0.15) is 18.5 Å². The van der Waals surface area contributed by atoms with Crippen LogP contribution in [-0.4, -0.2) is 31.1 Å². The highest BCUT2D eigenvalue weighted by Gasteiger charge is 2.37. The van der Waals surface area contributed by atoms with E-state index >= 15 is 0 Å². The van der Waals surface area contributed by atoms with E-state index in [1.54, 1.807) is 0 Å². The van der Waals surface area contributed by atoms with Crippen molar-refractivity contribution in [3.8, 4) is 0 Å². The van der Waals surface area contributed by atoms with Gasteiger partial charge < -0.3 is 5.32 Å². The van der Waals surface area contributed by atoms with E-state index in [1.807, 2.05) is 0 Å². The van der Waals surface area contributed by atoms with Crippen molar-refractivity contribution < 1.29 is 0 Å². The fraction of sp³-hybridized carbons (Fsp3) is 0.571. The number of benzene rings is 1. The van der Waals surface area contributed by atoms with Gasteiger partial charge in [0.05, 0.1) is 0 Å². The largest absolute Gasteiger partial charge is 0.316 e. The van der Waals surface area contributed by atoms with Crippen LogP contribution in [0, 0.1) is 11.8 Å². The lowest BCUT2D eigenvalue weighted by Gasteiger charge is -2.25. The molecule has 0 amide bonds. The maximum atomic E-state index is 3.56. The maximum Gasteiger partial charge on any atom is 0.0320 e. The molecule has 1 unspecified atom stereocenters. The molecule has 3 rings (SSSR count). The van der Waals surface area contributed by atoms with Gasteiger partial charge in [0, 0.05) is 23.6 Å². The topological polar surface area (TPSA) is 15.3 Å². The van der Waals surface area contributed by atoms with Gasteiger partial charge in [-0.05, 0) is 49.5 Å². The minimum atomic E-state index is 0.540.